The number of ether oxygens (including phenoxy) is 1. The van der Waals surface area contributed by atoms with Crippen molar-refractivity contribution in [3.05, 3.63) is 124 Å². The van der Waals surface area contributed by atoms with Gasteiger partial charge in [0.15, 0.2) is 0 Å². The van der Waals surface area contributed by atoms with E-state index in [4.69, 9.17) is 4.74 Å². The second-order valence-corrected chi connectivity index (χ2v) is 7.39. The van der Waals surface area contributed by atoms with E-state index in [0.717, 1.165) is 22.1 Å². The Labute approximate surface area is 196 Å². The molecule has 7 heteroatoms. The maximum Gasteiger partial charge on any atom is 0.276 e. The Bertz CT molecular complexity index is 1380. The molecule has 4 aromatic carbocycles. The molecule has 0 atom stereocenters. The number of allylic oxidation sites excluding steroid dienone is 1. The van der Waals surface area contributed by atoms with Crippen molar-refractivity contribution >= 4 is 34.7 Å². The van der Waals surface area contributed by atoms with Gasteiger partial charge in [-0.1, -0.05) is 54.6 Å². The molecule has 0 radical (unpaired) electrons. The fraction of sp³-hybridized carbons (Fsp3) is 0.0370. The molecule has 7 nitrogen and oxygen atoms in total. The van der Waals surface area contributed by atoms with Crippen LogP contribution in [-0.2, 0) is 6.61 Å². The second kappa shape index (κ2) is 10.7. The number of fused-ring (bicyclic) bond motifs is 1. The van der Waals surface area contributed by atoms with Gasteiger partial charge in [-0.3, -0.25) is 14.9 Å². The van der Waals surface area contributed by atoms with Gasteiger partial charge in [-0.15, -0.1) is 0 Å². The minimum Gasteiger partial charge on any atom is -0.489 e. The molecule has 0 aliphatic heterocycles. The summed E-state index contributed by atoms with van der Waals surface area (Å²) in [6.07, 6.45) is 4.44. The van der Waals surface area contributed by atoms with Gasteiger partial charge in [-0.05, 0) is 58.8 Å². The number of nitrogens with one attached hydrogen (secondary N) is 1. The van der Waals surface area contributed by atoms with Crippen LogP contribution in [0.1, 0.15) is 21.5 Å². The number of hydrogen-bond donors (Lipinski definition) is 1. The van der Waals surface area contributed by atoms with Crippen molar-refractivity contribution in [2.24, 2.45) is 5.10 Å². The molecule has 34 heavy (non-hydrogen) atoms. The van der Waals surface area contributed by atoms with Crippen LogP contribution in [0.5, 0.6) is 5.75 Å². The summed E-state index contributed by atoms with van der Waals surface area (Å²) in [5.41, 5.74) is 4.27. The van der Waals surface area contributed by atoms with Crippen LogP contribution in [0.2, 0.25) is 0 Å². The predicted octanol–water partition coefficient (Wildman–Crippen LogP) is 5.76. The van der Waals surface area contributed by atoms with E-state index in [9.17, 15) is 14.9 Å². The highest BCUT2D eigenvalue weighted by Crippen LogP contribution is 2.21. The Morgan fingerprint density at radius 2 is 1.68 bits per heavy atom. The van der Waals surface area contributed by atoms with Crippen molar-refractivity contribution in [2.45, 2.75) is 6.61 Å². The number of rotatable bonds is 8. The molecular weight excluding hydrogens is 430 g/mol. The average molecular weight is 451 g/mol. The second-order valence-electron chi connectivity index (χ2n) is 7.39. The van der Waals surface area contributed by atoms with Crippen molar-refractivity contribution in [1.29, 1.82) is 0 Å². The summed E-state index contributed by atoms with van der Waals surface area (Å²) in [5.74, 6) is 0.418. The van der Waals surface area contributed by atoms with Crippen molar-refractivity contribution in [2.75, 3.05) is 0 Å². The largest absolute Gasteiger partial charge is 0.489 e. The number of amides is 1. The average Bonchev–Trinajstić information content (AvgIpc) is 2.87. The van der Waals surface area contributed by atoms with Crippen LogP contribution in [0, 0.1) is 10.1 Å². The zero-order chi connectivity index (χ0) is 23.8. The van der Waals surface area contributed by atoms with Crippen molar-refractivity contribution in [3.8, 4) is 5.75 Å². The molecular formula is C27H21N3O4. The normalized spacial score (nSPS) is 11.2. The molecule has 0 fully saturated rings. The molecule has 1 N–H and O–H groups in total. The third-order valence-corrected chi connectivity index (χ3v) is 5.08. The molecule has 0 saturated carbocycles. The summed E-state index contributed by atoms with van der Waals surface area (Å²) in [7, 11) is 0. The van der Waals surface area contributed by atoms with Gasteiger partial charge in [0, 0.05) is 17.8 Å². The number of hydrogen-bond acceptors (Lipinski definition) is 5. The number of para-hydroxylation sites is 1. The van der Waals surface area contributed by atoms with Gasteiger partial charge in [-0.25, -0.2) is 5.43 Å². The van der Waals surface area contributed by atoms with Crippen LogP contribution >= 0.6 is 0 Å². The maximum absolute atomic E-state index is 12.3. The van der Waals surface area contributed by atoms with Crippen LogP contribution in [0.4, 0.5) is 5.69 Å². The van der Waals surface area contributed by atoms with Gasteiger partial charge in [0.25, 0.3) is 11.6 Å². The summed E-state index contributed by atoms with van der Waals surface area (Å²) in [6, 6.07) is 27.5. The van der Waals surface area contributed by atoms with E-state index in [1.807, 2.05) is 48.5 Å². The molecule has 4 aromatic rings. The van der Waals surface area contributed by atoms with Crippen LogP contribution < -0.4 is 10.2 Å². The van der Waals surface area contributed by atoms with Crippen LogP contribution in [0.25, 0.3) is 16.8 Å². The lowest BCUT2D eigenvalue weighted by Crippen LogP contribution is -2.17. The summed E-state index contributed by atoms with van der Waals surface area (Å²) in [4.78, 5) is 22.8. The highest BCUT2D eigenvalue weighted by molar-refractivity contribution is 5.94. The molecule has 0 aromatic heterocycles. The lowest BCUT2D eigenvalue weighted by atomic mass is 10.1. The zero-order valence-electron chi connectivity index (χ0n) is 18.1. The molecule has 0 unspecified atom stereocenters. The molecule has 0 heterocycles. The molecule has 4 rings (SSSR count). The van der Waals surface area contributed by atoms with Gasteiger partial charge in [-0.2, -0.15) is 5.10 Å². The van der Waals surface area contributed by atoms with Gasteiger partial charge in [0.2, 0.25) is 0 Å². The third-order valence-electron chi connectivity index (χ3n) is 5.08. The van der Waals surface area contributed by atoms with Crippen molar-refractivity contribution in [1.82, 2.24) is 5.43 Å². The number of benzene rings is 4. The standard InChI is InChI=1S/C27H21N3O4/c31-27(29-28-17-5-9-22-7-3-4-10-26(22)30(32)33)23-13-11-20(12-14-23)19-34-25-16-15-21-6-1-2-8-24(21)18-25/h1-18H,19H2,(H,29,31)/b9-5+,28-17+. The Kier molecular flexibility index (Phi) is 7.05. The van der Waals surface area contributed by atoms with E-state index in [1.54, 1.807) is 36.4 Å². The summed E-state index contributed by atoms with van der Waals surface area (Å²) < 4.78 is 5.88. The van der Waals surface area contributed by atoms with E-state index >= 15 is 0 Å². The Hall–Kier alpha value is -4.78. The van der Waals surface area contributed by atoms with E-state index in [1.165, 1.54) is 18.4 Å². The summed E-state index contributed by atoms with van der Waals surface area (Å²) in [6.45, 7) is 0.384. The maximum atomic E-state index is 12.3. The highest BCUT2D eigenvalue weighted by Gasteiger charge is 2.09. The highest BCUT2D eigenvalue weighted by atomic mass is 16.6. The summed E-state index contributed by atoms with van der Waals surface area (Å²) >= 11 is 0. The first-order valence-electron chi connectivity index (χ1n) is 10.5. The first-order valence-corrected chi connectivity index (χ1v) is 10.5. The Morgan fingerprint density at radius 1 is 0.941 bits per heavy atom. The van der Waals surface area contributed by atoms with E-state index < -0.39 is 4.92 Å². The quantitative estimate of drug-likeness (QED) is 0.209. The number of nitro groups is 1. The van der Waals surface area contributed by atoms with Crippen LogP contribution in [0.15, 0.2) is 102 Å². The molecule has 0 bridgehead atoms. The molecule has 0 spiro atoms. The van der Waals surface area contributed by atoms with E-state index in [-0.39, 0.29) is 11.6 Å². The van der Waals surface area contributed by atoms with Crippen LogP contribution in [-0.4, -0.2) is 17.0 Å². The van der Waals surface area contributed by atoms with Crippen molar-refractivity contribution < 1.29 is 14.5 Å². The number of nitro benzene ring substituents is 1. The van der Waals surface area contributed by atoms with E-state index in [2.05, 4.69) is 16.6 Å². The van der Waals surface area contributed by atoms with Crippen LogP contribution in [0.3, 0.4) is 0 Å². The fourth-order valence-electron chi connectivity index (χ4n) is 3.32. The Balaban J connectivity index is 1.29. The fourth-order valence-corrected chi connectivity index (χ4v) is 3.32. The number of carbonyl (C=O) groups is 1. The minimum atomic E-state index is -0.449. The third kappa shape index (κ3) is 5.72. The molecule has 168 valence electrons. The number of hydrazone groups is 1. The summed E-state index contributed by atoms with van der Waals surface area (Å²) in [5, 5.41) is 17.1. The lowest BCUT2D eigenvalue weighted by Gasteiger charge is -2.08. The molecule has 0 aliphatic carbocycles. The van der Waals surface area contributed by atoms with Gasteiger partial charge < -0.3 is 4.74 Å². The smallest absolute Gasteiger partial charge is 0.276 e. The number of nitrogens with zero attached hydrogens (tertiary/aromatic N) is 2. The first-order chi connectivity index (χ1) is 16.6. The van der Waals surface area contributed by atoms with Gasteiger partial charge in [0.05, 0.1) is 10.5 Å². The molecule has 1 amide bonds. The Morgan fingerprint density at radius 3 is 2.47 bits per heavy atom. The SMILES string of the molecule is O=C(N/N=C/C=C/c1ccccc1[N+](=O)[O-])c1ccc(COc2ccc3ccccc3c2)cc1. The predicted molar refractivity (Wildman–Crippen MR) is 133 cm³/mol. The topological polar surface area (TPSA) is 93.8 Å². The molecule has 0 saturated heterocycles. The van der Waals surface area contributed by atoms with Gasteiger partial charge >= 0.3 is 0 Å². The van der Waals surface area contributed by atoms with Gasteiger partial charge in [0.1, 0.15) is 12.4 Å². The minimum absolute atomic E-state index is 0.000806. The number of carbonyl (C=O) groups excluding carboxylic acids is 1. The molecule has 0 aliphatic rings. The first kappa shape index (κ1) is 22.4. The zero-order valence-corrected chi connectivity index (χ0v) is 18.1. The lowest BCUT2D eigenvalue weighted by molar-refractivity contribution is -0.385. The van der Waals surface area contributed by atoms with E-state index in [0.29, 0.717) is 17.7 Å². The monoisotopic (exact) mass is 451 g/mol. The van der Waals surface area contributed by atoms with Crippen molar-refractivity contribution in [3.63, 3.8) is 0 Å².